The second-order valence-corrected chi connectivity index (χ2v) is 10.1. The Labute approximate surface area is 167 Å². The zero-order valence-corrected chi connectivity index (χ0v) is 18.1. The van der Waals surface area contributed by atoms with Crippen molar-refractivity contribution in [3.05, 3.63) is 59.7 Å². The normalized spacial score (nSPS) is 14.6. The molecule has 0 spiro atoms. The quantitative estimate of drug-likeness (QED) is 0.564. The molecule has 0 aliphatic heterocycles. The molecule has 0 fully saturated rings. The van der Waals surface area contributed by atoms with Gasteiger partial charge in [-0.3, -0.25) is 8.37 Å². The third kappa shape index (κ3) is 6.41. The van der Waals surface area contributed by atoms with Crippen LogP contribution in [0.4, 0.5) is 0 Å². The molecule has 0 saturated carbocycles. The average molecular weight is 427 g/mol. The molecular weight excluding hydrogens is 400 g/mol. The molecule has 2 aromatic rings. The van der Waals surface area contributed by atoms with E-state index in [-0.39, 0.29) is 9.79 Å². The van der Waals surface area contributed by atoms with Gasteiger partial charge in [0.2, 0.25) is 0 Å². The van der Waals surface area contributed by atoms with Crippen LogP contribution in [0.3, 0.4) is 0 Å². The van der Waals surface area contributed by atoms with Crippen LogP contribution in [-0.4, -0.2) is 29.0 Å². The maximum Gasteiger partial charge on any atom is 0.297 e. The van der Waals surface area contributed by atoms with Crippen molar-refractivity contribution in [3.8, 4) is 0 Å². The fraction of sp³-hybridized carbons (Fsp3) is 0.400. The highest BCUT2D eigenvalue weighted by Crippen LogP contribution is 2.20. The lowest BCUT2D eigenvalue weighted by Crippen LogP contribution is -2.20. The topological polar surface area (TPSA) is 86.7 Å². The Hall–Kier alpha value is -1.74. The van der Waals surface area contributed by atoms with Crippen LogP contribution in [0.1, 0.15) is 37.8 Å². The predicted molar refractivity (Wildman–Crippen MR) is 107 cm³/mol. The molecule has 154 valence electrons. The highest BCUT2D eigenvalue weighted by molar-refractivity contribution is 7.87. The van der Waals surface area contributed by atoms with Gasteiger partial charge in [0, 0.05) is 0 Å². The van der Waals surface area contributed by atoms with Crippen LogP contribution >= 0.6 is 0 Å². The molecule has 0 unspecified atom stereocenters. The first-order valence-electron chi connectivity index (χ1n) is 8.99. The highest BCUT2D eigenvalue weighted by Gasteiger charge is 2.22. The van der Waals surface area contributed by atoms with Crippen LogP contribution in [0, 0.1) is 13.8 Å². The first kappa shape index (κ1) is 22.5. The van der Waals surface area contributed by atoms with E-state index in [2.05, 4.69) is 0 Å². The van der Waals surface area contributed by atoms with Crippen LogP contribution in [0.25, 0.3) is 0 Å². The van der Waals surface area contributed by atoms with Gasteiger partial charge in [-0.15, -0.1) is 0 Å². The van der Waals surface area contributed by atoms with E-state index in [4.69, 9.17) is 8.37 Å². The molecule has 0 bridgehead atoms. The third-order valence-electron chi connectivity index (χ3n) is 4.18. The largest absolute Gasteiger partial charge is 0.297 e. The fourth-order valence-corrected chi connectivity index (χ4v) is 4.74. The van der Waals surface area contributed by atoms with Crippen LogP contribution in [0.2, 0.25) is 0 Å². The minimum Gasteiger partial charge on any atom is -0.263 e. The predicted octanol–water partition coefficient (Wildman–Crippen LogP) is 3.97. The zero-order chi connectivity index (χ0) is 20.9. The standard InChI is InChI=1S/C20H26O6S2/c1-15-5-11-19(12-6-15)27(21,22)25-17(3)9-10-18(4)26-28(23,24)20-13-7-16(2)8-14-20/h5-8,11-14,17-18H,9-10H2,1-4H3/t17-,18+. The SMILES string of the molecule is Cc1ccc(S(=O)(=O)O[C@H](C)CC[C@H](C)OS(=O)(=O)c2ccc(C)cc2)cc1. The van der Waals surface area contributed by atoms with Gasteiger partial charge in [0.05, 0.1) is 22.0 Å². The summed E-state index contributed by atoms with van der Waals surface area (Å²) in [5.41, 5.74) is 1.90. The molecule has 0 N–H and O–H groups in total. The number of rotatable bonds is 9. The lowest BCUT2D eigenvalue weighted by Gasteiger charge is -2.17. The second kappa shape index (κ2) is 9.17. The van der Waals surface area contributed by atoms with Crippen molar-refractivity contribution in [3.63, 3.8) is 0 Å². The van der Waals surface area contributed by atoms with E-state index in [0.29, 0.717) is 12.8 Å². The molecule has 2 aromatic carbocycles. The van der Waals surface area contributed by atoms with Gasteiger partial charge in [-0.1, -0.05) is 35.4 Å². The minimum atomic E-state index is -3.87. The Morgan fingerprint density at radius 2 is 0.929 bits per heavy atom. The van der Waals surface area contributed by atoms with Crippen LogP contribution in [0.15, 0.2) is 58.3 Å². The average Bonchev–Trinajstić information content (AvgIpc) is 2.60. The van der Waals surface area contributed by atoms with Crippen molar-refractivity contribution >= 4 is 20.2 Å². The molecule has 6 nitrogen and oxygen atoms in total. The van der Waals surface area contributed by atoms with Crippen molar-refractivity contribution in [2.24, 2.45) is 0 Å². The van der Waals surface area contributed by atoms with E-state index < -0.39 is 32.4 Å². The molecule has 0 aliphatic carbocycles. The van der Waals surface area contributed by atoms with E-state index in [1.165, 1.54) is 24.3 Å². The Morgan fingerprint density at radius 3 is 1.21 bits per heavy atom. The molecule has 0 heterocycles. The fourth-order valence-electron chi connectivity index (χ4n) is 2.52. The Morgan fingerprint density at radius 1 is 0.643 bits per heavy atom. The van der Waals surface area contributed by atoms with E-state index >= 15 is 0 Å². The second-order valence-electron chi connectivity index (χ2n) is 6.93. The lowest BCUT2D eigenvalue weighted by molar-refractivity contribution is 0.168. The minimum absolute atomic E-state index is 0.0937. The highest BCUT2D eigenvalue weighted by atomic mass is 32.2. The summed E-state index contributed by atoms with van der Waals surface area (Å²) in [5.74, 6) is 0. The van der Waals surface area contributed by atoms with Gasteiger partial charge in [-0.25, -0.2) is 0 Å². The zero-order valence-electron chi connectivity index (χ0n) is 16.5. The maximum absolute atomic E-state index is 12.3. The molecule has 2 atom stereocenters. The van der Waals surface area contributed by atoms with E-state index in [9.17, 15) is 16.8 Å². The van der Waals surface area contributed by atoms with Gasteiger partial charge < -0.3 is 0 Å². The summed E-state index contributed by atoms with van der Waals surface area (Å²) in [6, 6.07) is 12.8. The number of hydrogen-bond acceptors (Lipinski definition) is 6. The van der Waals surface area contributed by atoms with Crippen molar-refractivity contribution in [2.45, 2.75) is 62.5 Å². The molecule has 28 heavy (non-hydrogen) atoms. The smallest absolute Gasteiger partial charge is 0.263 e. The molecular formula is C20H26O6S2. The van der Waals surface area contributed by atoms with Crippen molar-refractivity contribution in [1.82, 2.24) is 0 Å². The molecule has 0 aromatic heterocycles. The van der Waals surface area contributed by atoms with E-state index in [0.717, 1.165) is 11.1 Å². The Kier molecular flexibility index (Phi) is 7.39. The molecule has 0 aliphatic rings. The first-order chi connectivity index (χ1) is 13.0. The monoisotopic (exact) mass is 426 g/mol. The summed E-state index contributed by atoms with van der Waals surface area (Å²) in [5, 5.41) is 0. The third-order valence-corrected chi connectivity index (χ3v) is 7.04. The lowest BCUT2D eigenvalue weighted by atomic mass is 10.1. The van der Waals surface area contributed by atoms with Gasteiger partial charge >= 0.3 is 0 Å². The van der Waals surface area contributed by atoms with Gasteiger partial charge in [-0.05, 0) is 64.8 Å². The molecule has 0 saturated heterocycles. The van der Waals surface area contributed by atoms with Crippen molar-refractivity contribution in [1.29, 1.82) is 0 Å². The van der Waals surface area contributed by atoms with Gasteiger partial charge in [0.1, 0.15) is 0 Å². The summed E-state index contributed by atoms with van der Waals surface area (Å²) in [4.78, 5) is 0.187. The molecule has 8 heteroatoms. The van der Waals surface area contributed by atoms with Crippen LogP contribution < -0.4 is 0 Å². The summed E-state index contributed by atoms with van der Waals surface area (Å²) in [6.45, 7) is 7.00. The summed E-state index contributed by atoms with van der Waals surface area (Å²) < 4.78 is 59.6. The van der Waals surface area contributed by atoms with E-state index in [1.54, 1.807) is 38.1 Å². The summed E-state index contributed by atoms with van der Waals surface area (Å²) in [6.07, 6.45) is -0.565. The van der Waals surface area contributed by atoms with Crippen LogP contribution in [0.5, 0.6) is 0 Å². The first-order valence-corrected chi connectivity index (χ1v) is 11.8. The van der Waals surface area contributed by atoms with Gasteiger partial charge in [0.15, 0.2) is 0 Å². The number of aryl methyl sites for hydroxylation is 2. The number of hydrogen-bond donors (Lipinski definition) is 0. The molecule has 2 rings (SSSR count). The summed E-state index contributed by atoms with van der Waals surface area (Å²) in [7, 11) is -7.73. The van der Waals surface area contributed by atoms with Crippen LogP contribution in [-0.2, 0) is 28.6 Å². The van der Waals surface area contributed by atoms with Crippen molar-refractivity contribution in [2.75, 3.05) is 0 Å². The van der Waals surface area contributed by atoms with Gasteiger partial charge in [-0.2, -0.15) is 16.8 Å². The van der Waals surface area contributed by atoms with Gasteiger partial charge in [0.25, 0.3) is 20.2 Å². The molecule has 0 amide bonds. The maximum atomic E-state index is 12.3. The van der Waals surface area contributed by atoms with E-state index in [1.807, 2.05) is 13.8 Å². The Bertz CT molecular complexity index is 894. The Balaban J connectivity index is 1.90. The number of benzene rings is 2. The summed E-state index contributed by atoms with van der Waals surface area (Å²) >= 11 is 0. The van der Waals surface area contributed by atoms with Crippen molar-refractivity contribution < 1.29 is 25.2 Å². The molecule has 0 radical (unpaired) electrons.